The van der Waals surface area contributed by atoms with Gasteiger partial charge in [0.25, 0.3) is 5.91 Å². The Balaban J connectivity index is 0.00000121. The Morgan fingerprint density at radius 2 is 2.05 bits per heavy atom. The van der Waals surface area contributed by atoms with Gasteiger partial charge in [-0.25, -0.2) is 4.68 Å². The topological polar surface area (TPSA) is 71.8 Å². The van der Waals surface area contributed by atoms with Crippen LogP contribution in [0.4, 0.5) is 0 Å². The molecule has 1 saturated heterocycles. The number of nitrogens with one attached hydrogen (secondary N) is 2. The van der Waals surface area contributed by atoms with E-state index in [4.69, 9.17) is 0 Å². The van der Waals surface area contributed by atoms with Crippen molar-refractivity contribution in [1.29, 1.82) is 0 Å². The molecule has 0 bridgehead atoms. The van der Waals surface area contributed by atoms with Gasteiger partial charge < -0.3 is 10.6 Å². The van der Waals surface area contributed by atoms with Crippen molar-refractivity contribution >= 4 is 30.7 Å². The number of aromatic nitrogens is 3. The summed E-state index contributed by atoms with van der Waals surface area (Å²) in [5.74, 6) is -0.120. The Hall–Kier alpha value is -1.63. The van der Waals surface area contributed by atoms with Crippen LogP contribution in [0.25, 0.3) is 5.69 Å². The molecule has 1 aliphatic heterocycles. The zero-order valence-electron chi connectivity index (χ0n) is 11.9. The number of hydrogen-bond acceptors (Lipinski definition) is 4. The fraction of sp³-hybridized carbons (Fsp3) is 0.357. The summed E-state index contributed by atoms with van der Waals surface area (Å²) < 4.78 is 1.71. The zero-order valence-corrected chi connectivity index (χ0v) is 13.6. The lowest BCUT2D eigenvalue weighted by Crippen LogP contribution is -2.42. The largest absolute Gasteiger partial charge is 0.348 e. The van der Waals surface area contributed by atoms with E-state index in [2.05, 4.69) is 20.7 Å². The molecule has 22 heavy (non-hydrogen) atoms. The van der Waals surface area contributed by atoms with Gasteiger partial charge in [-0.15, -0.1) is 24.8 Å². The Kier molecular flexibility index (Phi) is 7.31. The van der Waals surface area contributed by atoms with Crippen molar-refractivity contribution in [2.75, 3.05) is 13.1 Å². The maximum atomic E-state index is 12.2. The number of pyridine rings is 1. The maximum Gasteiger partial charge on any atom is 0.270 e. The van der Waals surface area contributed by atoms with E-state index in [1.807, 2.05) is 18.3 Å². The zero-order chi connectivity index (χ0) is 13.8. The van der Waals surface area contributed by atoms with Crippen molar-refractivity contribution in [3.8, 4) is 5.69 Å². The minimum atomic E-state index is -0.120. The monoisotopic (exact) mass is 343 g/mol. The molecule has 0 saturated carbocycles. The van der Waals surface area contributed by atoms with Gasteiger partial charge in [0.1, 0.15) is 5.69 Å². The Labute approximate surface area is 141 Å². The van der Waals surface area contributed by atoms with Crippen LogP contribution in [0.15, 0.2) is 36.8 Å². The third-order valence-electron chi connectivity index (χ3n) is 3.42. The predicted octanol–water partition coefficient (Wildman–Crippen LogP) is 1.59. The SMILES string of the molecule is Cl.Cl.O=C(NC1CCNCC1)c1cc(-n2cccn2)ccn1. The average molecular weight is 344 g/mol. The van der Waals surface area contributed by atoms with Crippen LogP contribution >= 0.6 is 24.8 Å². The third-order valence-corrected chi connectivity index (χ3v) is 3.42. The van der Waals surface area contributed by atoms with Crippen LogP contribution in [0.2, 0.25) is 0 Å². The van der Waals surface area contributed by atoms with Crippen LogP contribution < -0.4 is 10.6 Å². The van der Waals surface area contributed by atoms with Crippen molar-refractivity contribution in [1.82, 2.24) is 25.4 Å². The molecule has 3 rings (SSSR count). The van der Waals surface area contributed by atoms with Crippen molar-refractivity contribution in [3.05, 3.63) is 42.5 Å². The molecule has 0 aromatic carbocycles. The van der Waals surface area contributed by atoms with Gasteiger partial charge in [-0.1, -0.05) is 0 Å². The molecule has 120 valence electrons. The molecule has 1 aliphatic rings. The van der Waals surface area contributed by atoms with E-state index in [0.29, 0.717) is 5.69 Å². The highest BCUT2D eigenvalue weighted by molar-refractivity contribution is 5.92. The number of piperidine rings is 1. The molecule has 3 heterocycles. The van der Waals surface area contributed by atoms with Gasteiger partial charge in [0.05, 0.1) is 5.69 Å². The van der Waals surface area contributed by atoms with E-state index in [1.165, 1.54) is 0 Å². The number of halogens is 2. The summed E-state index contributed by atoms with van der Waals surface area (Å²) in [5.41, 5.74) is 1.26. The van der Waals surface area contributed by atoms with Gasteiger partial charge in [0.2, 0.25) is 0 Å². The van der Waals surface area contributed by atoms with E-state index in [0.717, 1.165) is 31.6 Å². The quantitative estimate of drug-likeness (QED) is 0.887. The fourth-order valence-electron chi connectivity index (χ4n) is 2.33. The Morgan fingerprint density at radius 1 is 1.27 bits per heavy atom. The smallest absolute Gasteiger partial charge is 0.270 e. The van der Waals surface area contributed by atoms with Crippen LogP contribution in [0.5, 0.6) is 0 Å². The first kappa shape index (κ1) is 18.4. The van der Waals surface area contributed by atoms with Crippen LogP contribution in [-0.4, -0.2) is 39.8 Å². The molecular weight excluding hydrogens is 325 g/mol. The van der Waals surface area contributed by atoms with Crippen LogP contribution in [-0.2, 0) is 0 Å². The molecule has 0 unspecified atom stereocenters. The number of nitrogens with zero attached hydrogens (tertiary/aromatic N) is 3. The van der Waals surface area contributed by atoms with E-state index in [9.17, 15) is 4.79 Å². The summed E-state index contributed by atoms with van der Waals surface area (Å²) in [5, 5.41) is 10.5. The standard InChI is InChI=1S/C14H17N5O.2ClH/c20-14(18-11-2-6-15-7-3-11)13-10-12(4-8-16-13)19-9-1-5-17-19;;/h1,4-5,8-11,15H,2-3,6-7H2,(H,18,20);2*1H. The highest BCUT2D eigenvalue weighted by atomic mass is 35.5. The molecule has 1 fully saturated rings. The second kappa shape index (κ2) is 8.73. The minimum absolute atomic E-state index is 0. The van der Waals surface area contributed by atoms with Crippen LogP contribution in [0.3, 0.4) is 0 Å². The molecule has 0 spiro atoms. The molecule has 8 heteroatoms. The molecule has 2 aromatic heterocycles. The van der Waals surface area contributed by atoms with Crippen molar-refractivity contribution in [2.24, 2.45) is 0 Å². The Bertz CT molecular complexity index is 585. The van der Waals surface area contributed by atoms with Crippen molar-refractivity contribution in [2.45, 2.75) is 18.9 Å². The van der Waals surface area contributed by atoms with E-state index in [1.54, 1.807) is 23.1 Å². The molecular formula is C14H19Cl2N5O. The number of amides is 1. The van der Waals surface area contributed by atoms with E-state index >= 15 is 0 Å². The number of rotatable bonds is 3. The maximum absolute atomic E-state index is 12.2. The van der Waals surface area contributed by atoms with Gasteiger partial charge in [0, 0.05) is 24.6 Å². The predicted molar refractivity (Wildman–Crippen MR) is 89.2 cm³/mol. The lowest BCUT2D eigenvalue weighted by molar-refractivity contribution is 0.0924. The number of carbonyl (C=O) groups excluding carboxylic acids is 1. The minimum Gasteiger partial charge on any atom is -0.348 e. The summed E-state index contributed by atoms with van der Waals surface area (Å²) in [6.45, 7) is 1.90. The summed E-state index contributed by atoms with van der Waals surface area (Å²) in [7, 11) is 0. The number of carbonyl (C=O) groups is 1. The van der Waals surface area contributed by atoms with Crippen LogP contribution in [0, 0.1) is 0 Å². The Morgan fingerprint density at radius 3 is 2.73 bits per heavy atom. The fourth-order valence-corrected chi connectivity index (χ4v) is 2.33. The van der Waals surface area contributed by atoms with Gasteiger partial charge in [0.15, 0.2) is 0 Å². The lowest BCUT2D eigenvalue weighted by atomic mass is 10.1. The lowest BCUT2D eigenvalue weighted by Gasteiger charge is -2.23. The van der Waals surface area contributed by atoms with Gasteiger partial charge in [-0.3, -0.25) is 9.78 Å². The highest BCUT2D eigenvalue weighted by Crippen LogP contribution is 2.08. The third kappa shape index (κ3) is 4.43. The molecule has 0 aliphatic carbocycles. The highest BCUT2D eigenvalue weighted by Gasteiger charge is 2.17. The molecule has 2 aromatic rings. The van der Waals surface area contributed by atoms with Crippen molar-refractivity contribution < 1.29 is 4.79 Å². The summed E-state index contributed by atoms with van der Waals surface area (Å²) in [6.07, 6.45) is 7.10. The van der Waals surface area contributed by atoms with E-state index < -0.39 is 0 Å². The van der Waals surface area contributed by atoms with Gasteiger partial charge in [-0.05, 0) is 44.1 Å². The normalized spacial score (nSPS) is 14.5. The van der Waals surface area contributed by atoms with E-state index in [-0.39, 0.29) is 36.8 Å². The number of hydrogen-bond donors (Lipinski definition) is 2. The average Bonchev–Trinajstić information content (AvgIpc) is 3.03. The second-order valence-electron chi connectivity index (χ2n) is 4.85. The first-order chi connectivity index (χ1) is 9.83. The molecule has 0 radical (unpaired) electrons. The first-order valence-electron chi connectivity index (χ1n) is 6.80. The first-order valence-corrected chi connectivity index (χ1v) is 6.80. The molecule has 0 atom stereocenters. The summed E-state index contributed by atoms with van der Waals surface area (Å²) >= 11 is 0. The van der Waals surface area contributed by atoms with Crippen molar-refractivity contribution in [3.63, 3.8) is 0 Å². The second-order valence-corrected chi connectivity index (χ2v) is 4.85. The molecule has 6 nitrogen and oxygen atoms in total. The molecule has 2 N–H and O–H groups in total. The van der Waals surface area contributed by atoms with Gasteiger partial charge >= 0.3 is 0 Å². The molecule has 1 amide bonds. The van der Waals surface area contributed by atoms with Gasteiger partial charge in [-0.2, -0.15) is 5.10 Å². The summed E-state index contributed by atoms with van der Waals surface area (Å²) in [6, 6.07) is 5.66. The summed E-state index contributed by atoms with van der Waals surface area (Å²) in [4.78, 5) is 16.4. The van der Waals surface area contributed by atoms with Crippen LogP contribution in [0.1, 0.15) is 23.3 Å².